The molecule has 0 saturated carbocycles. The largest absolute Gasteiger partial charge is 0.495 e. The van der Waals surface area contributed by atoms with Crippen LogP contribution in [0.3, 0.4) is 0 Å². The second kappa shape index (κ2) is 6.05. The lowest BCUT2D eigenvalue weighted by atomic mass is 10.2. The van der Waals surface area contributed by atoms with E-state index in [0.717, 1.165) is 11.4 Å². The van der Waals surface area contributed by atoms with Crippen LogP contribution >= 0.6 is 0 Å². The van der Waals surface area contributed by atoms with E-state index in [-0.39, 0.29) is 5.91 Å². The minimum atomic E-state index is -0.114. The van der Waals surface area contributed by atoms with E-state index in [4.69, 9.17) is 4.74 Å². The number of amides is 1. The number of aromatic nitrogens is 3. The van der Waals surface area contributed by atoms with E-state index in [0.29, 0.717) is 18.0 Å². The first-order valence-corrected chi connectivity index (χ1v) is 6.13. The van der Waals surface area contributed by atoms with Crippen LogP contribution in [0.4, 0.5) is 11.4 Å². The van der Waals surface area contributed by atoms with Gasteiger partial charge in [0, 0.05) is 19.7 Å². The van der Waals surface area contributed by atoms with Gasteiger partial charge in [-0.05, 0) is 18.2 Å². The van der Waals surface area contributed by atoms with Gasteiger partial charge in [-0.2, -0.15) is 0 Å². The molecule has 1 aromatic heterocycles. The van der Waals surface area contributed by atoms with Crippen molar-refractivity contribution in [3.8, 4) is 5.75 Å². The van der Waals surface area contributed by atoms with Crippen molar-refractivity contribution in [1.29, 1.82) is 0 Å². The van der Waals surface area contributed by atoms with Gasteiger partial charge < -0.3 is 15.4 Å². The normalized spacial score (nSPS) is 10.2. The third-order valence-electron chi connectivity index (χ3n) is 2.79. The third-order valence-corrected chi connectivity index (χ3v) is 2.79. The molecule has 20 heavy (non-hydrogen) atoms. The van der Waals surface area contributed by atoms with E-state index >= 15 is 0 Å². The van der Waals surface area contributed by atoms with Crippen LogP contribution in [0, 0.1) is 0 Å². The number of methoxy groups -OCH3 is 1. The van der Waals surface area contributed by atoms with Crippen molar-refractivity contribution in [3.63, 3.8) is 0 Å². The van der Waals surface area contributed by atoms with Crippen LogP contribution in [-0.2, 0) is 18.4 Å². The van der Waals surface area contributed by atoms with Crippen molar-refractivity contribution in [2.24, 2.45) is 7.05 Å². The van der Waals surface area contributed by atoms with E-state index < -0.39 is 0 Å². The first kappa shape index (κ1) is 13.9. The Morgan fingerprint density at radius 1 is 1.45 bits per heavy atom. The number of ether oxygens (including phenoxy) is 1. The molecular weight excluding hydrogens is 258 g/mol. The van der Waals surface area contributed by atoms with Crippen LogP contribution in [-0.4, -0.2) is 28.0 Å². The molecule has 1 aromatic carbocycles. The lowest BCUT2D eigenvalue weighted by Crippen LogP contribution is -2.08. The summed E-state index contributed by atoms with van der Waals surface area (Å²) in [5.41, 5.74) is 2.45. The number of hydrogen-bond acceptors (Lipinski definition) is 5. The monoisotopic (exact) mass is 275 g/mol. The van der Waals surface area contributed by atoms with Crippen molar-refractivity contribution >= 4 is 17.3 Å². The van der Waals surface area contributed by atoms with Gasteiger partial charge in [-0.3, -0.25) is 9.48 Å². The third kappa shape index (κ3) is 3.25. The highest BCUT2D eigenvalue weighted by molar-refractivity contribution is 5.89. The molecule has 7 heteroatoms. The van der Waals surface area contributed by atoms with Gasteiger partial charge in [-0.15, -0.1) is 5.10 Å². The number of rotatable bonds is 5. The van der Waals surface area contributed by atoms with Crippen LogP contribution in [0.15, 0.2) is 24.4 Å². The van der Waals surface area contributed by atoms with Crippen LogP contribution < -0.4 is 15.4 Å². The number of hydrogen-bond donors (Lipinski definition) is 2. The number of benzene rings is 1. The van der Waals surface area contributed by atoms with Crippen LogP contribution in [0.25, 0.3) is 0 Å². The van der Waals surface area contributed by atoms with Crippen LogP contribution in [0.2, 0.25) is 0 Å². The Hall–Kier alpha value is -2.57. The molecule has 0 aliphatic rings. The zero-order chi connectivity index (χ0) is 14.5. The highest BCUT2D eigenvalue weighted by Gasteiger charge is 2.07. The molecule has 0 saturated heterocycles. The molecule has 7 nitrogen and oxygen atoms in total. The number of carbonyl (C=O) groups excluding carboxylic acids is 1. The molecule has 0 atom stereocenters. The van der Waals surface area contributed by atoms with Crippen molar-refractivity contribution < 1.29 is 9.53 Å². The summed E-state index contributed by atoms with van der Waals surface area (Å²) in [6.45, 7) is 2.03. The summed E-state index contributed by atoms with van der Waals surface area (Å²) in [5.74, 6) is 0.589. The fourth-order valence-electron chi connectivity index (χ4n) is 1.78. The van der Waals surface area contributed by atoms with E-state index in [1.54, 1.807) is 30.1 Å². The van der Waals surface area contributed by atoms with Gasteiger partial charge in [0.05, 0.1) is 31.2 Å². The number of nitrogens with zero attached hydrogens (tertiary/aromatic N) is 3. The van der Waals surface area contributed by atoms with Gasteiger partial charge in [0.1, 0.15) is 5.75 Å². The Bertz CT molecular complexity index is 609. The second-order valence-electron chi connectivity index (χ2n) is 4.30. The SMILES string of the molecule is COc1ccc(NC(C)=O)cc1NCc1cnnn1C. The molecule has 2 rings (SSSR count). The number of carbonyl (C=O) groups is 1. The van der Waals surface area contributed by atoms with E-state index in [1.165, 1.54) is 6.92 Å². The quantitative estimate of drug-likeness (QED) is 0.862. The Kier molecular flexibility index (Phi) is 4.19. The van der Waals surface area contributed by atoms with Gasteiger partial charge in [-0.1, -0.05) is 5.21 Å². The molecule has 0 fully saturated rings. The van der Waals surface area contributed by atoms with Crippen molar-refractivity contribution in [2.45, 2.75) is 13.5 Å². The summed E-state index contributed by atoms with van der Waals surface area (Å²) < 4.78 is 6.98. The Labute approximate surface area is 116 Å². The molecule has 0 bridgehead atoms. The lowest BCUT2D eigenvalue weighted by molar-refractivity contribution is -0.114. The summed E-state index contributed by atoms with van der Waals surface area (Å²) in [6.07, 6.45) is 1.69. The topological polar surface area (TPSA) is 81.1 Å². The summed E-state index contributed by atoms with van der Waals surface area (Å²) >= 11 is 0. The molecule has 2 N–H and O–H groups in total. The predicted molar refractivity (Wildman–Crippen MR) is 75.6 cm³/mol. The number of aryl methyl sites for hydroxylation is 1. The molecule has 2 aromatic rings. The lowest BCUT2D eigenvalue weighted by Gasteiger charge is -2.13. The summed E-state index contributed by atoms with van der Waals surface area (Å²) in [5, 5.41) is 13.7. The molecule has 1 amide bonds. The van der Waals surface area contributed by atoms with Gasteiger partial charge in [-0.25, -0.2) is 0 Å². The molecule has 0 unspecified atom stereocenters. The van der Waals surface area contributed by atoms with Crippen molar-refractivity contribution in [2.75, 3.05) is 17.7 Å². The van der Waals surface area contributed by atoms with Gasteiger partial charge >= 0.3 is 0 Å². The summed E-state index contributed by atoms with van der Waals surface area (Å²) in [4.78, 5) is 11.1. The number of anilines is 2. The maximum atomic E-state index is 11.1. The minimum absolute atomic E-state index is 0.114. The molecule has 0 aliphatic heterocycles. The van der Waals surface area contributed by atoms with Gasteiger partial charge in [0.25, 0.3) is 0 Å². The van der Waals surface area contributed by atoms with Crippen molar-refractivity contribution in [3.05, 3.63) is 30.1 Å². The fraction of sp³-hybridized carbons (Fsp3) is 0.308. The Balaban J connectivity index is 2.15. The molecule has 106 valence electrons. The molecule has 0 radical (unpaired) electrons. The zero-order valence-electron chi connectivity index (χ0n) is 11.7. The average Bonchev–Trinajstić information content (AvgIpc) is 2.81. The summed E-state index contributed by atoms with van der Waals surface area (Å²) in [6, 6.07) is 5.41. The Morgan fingerprint density at radius 2 is 2.25 bits per heavy atom. The number of nitrogens with one attached hydrogen (secondary N) is 2. The Morgan fingerprint density at radius 3 is 2.85 bits per heavy atom. The first-order chi connectivity index (χ1) is 9.60. The van der Waals surface area contributed by atoms with Crippen LogP contribution in [0.1, 0.15) is 12.6 Å². The van der Waals surface area contributed by atoms with Crippen LogP contribution in [0.5, 0.6) is 5.75 Å². The maximum absolute atomic E-state index is 11.1. The zero-order valence-corrected chi connectivity index (χ0v) is 11.7. The molecule has 0 spiro atoms. The van der Waals surface area contributed by atoms with Gasteiger partial charge in [0.15, 0.2) is 0 Å². The van der Waals surface area contributed by atoms with E-state index in [9.17, 15) is 4.79 Å². The first-order valence-electron chi connectivity index (χ1n) is 6.13. The van der Waals surface area contributed by atoms with Gasteiger partial charge in [0.2, 0.25) is 5.91 Å². The maximum Gasteiger partial charge on any atom is 0.221 e. The molecule has 0 aliphatic carbocycles. The summed E-state index contributed by atoms with van der Waals surface area (Å²) in [7, 11) is 3.43. The minimum Gasteiger partial charge on any atom is -0.495 e. The van der Waals surface area contributed by atoms with Crippen molar-refractivity contribution in [1.82, 2.24) is 15.0 Å². The molecular formula is C13H17N5O2. The fourth-order valence-corrected chi connectivity index (χ4v) is 1.78. The predicted octanol–water partition coefficient (Wildman–Crippen LogP) is 1.39. The smallest absolute Gasteiger partial charge is 0.221 e. The average molecular weight is 275 g/mol. The highest BCUT2D eigenvalue weighted by atomic mass is 16.5. The highest BCUT2D eigenvalue weighted by Crippen LogP contribution is 2.28. The van der Waals surface area contributed by atoms with E-state index in [2.05, 4.69) is 20.9 Å². The van der Waals surface area contributed by atoms with E-state index in [1.807, 2.05) is 13.1 Å². The standard InChI is InChI=1S/C13H17N5O2/c1-9(19)16-10-4-5-13(20-3)12(6-10)14-7-11-8-15-17-18(11)2/h4-6,8,14H,7H2,1-3H3,(H,16,19). The molecule has 1 heterocycles. The second-order valence-corrected chi connectivity index (χ2v) is 4.30.